The highest BCUT2D eigenvalue weighted by atomic mass is 16.1. The predicted octanol–water partition coefficient (Wildman–Crippen LogP) is 3.10. The lowest BCUT2D eigenvalue weighted by Gasteiger charge is -2.21. The number of rotatable bonds is 1. The Balaban J connectivity index is 2.28. The second kappa shape index (κ2) is 3.28. The molecule has 13 heavy (non-hydrogen) atoms. The van der Waals surface area contributed by atoms with Gasteiger partial charge in [-0.15, -0.1) is 0 Å². The van der Waals surface area contributed by atoms with Crippen LogP contribution in [0, 0.1) is 11.8 Å². The second-order valence-corrected chi connectivity index (χ2v) is 4.69. The van der Waals surface area contributed by atoms with E-state index in [0.717, 1.165) is 12.8 Å². The van der Waals surface area contributed by atoms with Crippen molar-refractivity contribution in [3.8, 4) is 0 Å². The second-order valence-electron chi connectivity index (χ2n) is 4.69. The third-order valence-electron chi connectivity index (χ3n) is 3.50. The molecule has 1 unspecified atom stereocenters. The SMILES string of the molecule is CC(C)C1CC(=O)C2=C1CCCC2. The zero-order valence-electron chi connectivity index (χ0n) is 8.60. The summed E-state index contributed by atoms with van der Waals surface area (Å²) in [6.07, 6.45) is 5.61. The maximum absolute atomic E-state index is 11.7. The Bertz CT molecular complexity index is 260. The Kier molecular flexibility index (Phi) is 2.27. The fraction of sp³-hybridized carbons (Fsp3) is 0.750. The number of carbonyl (C=O) groups is 1. The molecule has 0 aromatic carbocycles. The van der Waals surface area contributed by atoms with Gasteiger partial charge in [0.25, 0.3) is 0 Å². The Morgan fingerprint density at radius 1 is 1.23 bits per heavy atom. The van der Waals surface area contributed by atoms with Gasteiger partial charge in [0, 0.05) is 6.42 Å². The fourth-order valence-electron chi connectivity index (χ4n) is 2.74. The zero-order valence-corrected chi connectivity index (χ0v) is 8.60. The molecule has 0 bridgehead atoms. The van der Waals surface area contributed by atoms with E-state index in [0.29, 0.717) is 17.6 Å². The van der Waals surface area contributed by atoms with Crippen molar-refractivity contribution in [2.24, 2.45) is 11.8 Å². The van der Waals surface area contributed by atoms with E-state index in [9.17, 15) is 4.79 Å². The fourth-order valence-corrected chi connectivity index (χ4v) is 2.74. The van der Waals surface area contributed by atoms with Gasteiger partial charge in [-0.25, -0.2) is 0 Å². The van der Waals surface area contributed by atoms with E-state index in [-0.39, 0.29) is 0 Å². The van der Waals surface area contributed by atoms with Crippen LogP contribution in [0.2, 0.25) is 0 Å². The van der Waals surface area contributed by atoms with Gasteiger partial charge in [-0.3, -0.25) is 4.79 Å². The predicted molar refractivity (Wildman–Crippen MR) is 53.4 cm³/mol. The largest absolute Gasteiger partial charge is 0.295 e. The molecular formula is C12H18O. The molecule has 2 aliphatic rings. The molecule has 0 heterocycles. The van der Waals surface area contributed by atoms with Gasteiger partial charge in [-0.2, -0.15) is 0 Å². The number of allylic oxidation sites excluding steroid dienone is 2. The molecule has 0 aromatic heterocycles. The molecule has 0 N–H and O–H groups in total. The average molecular weight is 178 g/mol. The number of hydrogen-bond acceptors (Lipinski definition) is 1. The molecule has 0 spiro atoms. The van der Waals surface area contributed by atoms with E-state index in [1.807, 2.05) is 0 Å². The van der Waals surface area contributed by atoms with Gasteiger partial charge in [-0.05, 0) is 43.1 Å². The summed E-state index contributed by atoms with van der Waals surface area (Å²) in [4.78, 5) is 11.7. The molecule has 72 valence electrons. The van der Waals surface area contributed by atoms with Crippen LogP contribution in [0.15, 0.2) is 11.1 Å². The van der Waals surface area contributed by atoms with Crippen molar-refractivity contribution in [3.63, 3.8) is 0 Å². The summed E-state index contributed by atoms with van der Waals surface area (Å²) in [5, 5.41) is 0. The summed E-state index contributed by atoms with van der Waals surface area (Å²) < 4.78 is 0. The molecule has 0 aliphatic heterocycles. The monoisotopic (exact) mass is 178 g/mol. The Morgan fingerprint density at radius 3 is 2.62 bits per heavy atom. The summed E-state index contributed by atoms with van der Waals surface area (Å²) in [5.41, 5.74) is 2.73. The maximum Gasteiger partial charge on any atom is 0.159 e. The Morgan fingerprint density at radius 2 is 1.92 bits per heavy atom. The van der Waals surface area contributed by atoms with Crippen molar-refractivity contribution >= 4 is 5.78 Å². The van der Waals surface area contributed by atoms with E-state index in [1.165, 1.54) is 30.4 Å². The lowest BCUT2D eigenvalue weighted by molar-refractivity contribution is -0.115. The average Bonchev–Trinajstić information content (AvgIpc) is 2.45. The summed E-state index contributed by atoms with van der Waals surface area (Å²) in [7, 11) is 0. The molecular weight excluding hydrogens is 160 g/mol. The van der Waals surface area contributed by atoms with Crippen molar-refractivity contribution in [1.82, 2.24) is 0 Å². The summed E-state index contributed by atoms with van der Waals surface area (Å²) in [5.74, 6) is 1.69. The minimum atomic E-state index is 0.452. The maximum atomic E-state index is 11.7. The van der Waals surface area contributed by atoms with Gasteiger partial charge in [0.05, 0.1) is 0 Å². The molecule has 0 fully saturated rings. The first kappa shape index (κ1) is 8.98. The van der Waals surface area contributed by atoms with Gasteiger partial charge in [0.1, 0.15) is 0 Å². The molecule has 2 rings (SSSR count). The number of ketones is 1. The highest BCUT2D eigenvalue weighted by Gasteiger charge is 2.34. The van der Waals surface area contributed by atoms with E-state index >= 15 is 0 Å². The Hall–Kier alpha value is -0.590. The van der Waals surface area contributed by atoms with Crippen LogP contribution in [0.5, 0.6) is 0 Å². The normalized spacial score (nSPS) is 28.5. The van der Waals surface area contributed by atoms with Crippen molar-refractivity contribution in [1.29, 1.82) is 0 Å². The topological polar surface area (TPSA) is 17.1 Å². The van der Waals surface area contributed by atoms with E-state index < -0.39 is 0 Å². The van der Waals surface area contributed by atoms with Crippen LogP contribution in [0.3, 0.4) is 0 Å². The highest BCUT2D eigenvalue weighted by molar-refractivity contribution is 5.99. The quantitative estimate of drug-likeness (QED) is 0.603. The van der Waals surface area contributed by atoms with Crippen molar-refractivity contribution in [2.45, 2.75) is 46.0 Å². The minimum absolute atomic E-state index is 0.452. The van der Waals surface area contributed by atoms with Crippen LogP contribution in [-0.4, -0.2) is 5.78 Å². The Labute approximate surface area is 80.2 Å². The smallest absolute Gasteiger partial charge is 0.159 e. The number of Topliss-reactive ketones (excluding diaryl/α,β-unsaturated/α-hetero) is 1. The molecule has 0 aromatic rings. The molecule has 2 aliphatic carbocycles. The summed E-state index contributed by atoms with van der Waals surface area (Å²) in [6, 6.07) is 0. The van der Waals surface area contributed by atoms with E-state index in [4.69, 9.17) is 0 Å². The van der Waals surface area contributed by atoms with Gasteiger partial charge in [0.2, 0.25) is 0 Å². The first-order valence-electron chi connectivity index (χ1n) is 5.45. The zero-order chi connectivity index (χ0) is 9.42. The van der Waals surface area contributed by atoms with Crippen LogP contribution in [0.1, 0.15) is 46.0 Å². The molecule has 0 saturated carbocycles. The standard InChI is InChI=1S/C12H18O/c1-8(2)11-7-12(13)10-6-4-3-5-9(10)11/h8,11H,3-7H2,1-2H3. The summed E-state index contributed by atoms with van der Waals surface area (Å²) in [6.45, 7) is 4.48. The van der Waals surface area contributed by atoms with Crippen LogP contribution < -0.4 is 0 Å². The van der Waals surface area contributed by atoms with E-state index in [1.54, 1.807) is 0 Å². The molecule has 0 radical (unpaired) electrons. The van der Waals surface area contributed by atoms with Gasteiger partial charge in [-0.1, -0.05) is 19.4 Å². The van der Waals surface area contributed by atoms with Crippen molar-refractivity contribution in [3.05, 3.63) is 11.1 Å². The lowest BCUT2D eigenvalue weighted by atomic mass is 9.84. The third-order valence-corrected chi connectivity index (χ3v) is 3.50. The first-order chi connectivity index (χ1) is 6.20. The van der Waals surface area contributed by atoms with Crippen LogP contribution in [-0.2, 0) is 4.79 Å². The molecule has 0 saturated heterocycles. The van der Waals surface area contributed by atoms with Crippen molar-refractivity contribution < 1.29 is 4.79 Å². The highest BCUT2D eigenvalue weighted by Crippen LogP contribution is 2.41. The van der Waals surface area contributed by atoms with Gasteiger partial charge < -0.3 is 0 Å². The molecule has 1 atom stereocenters. The van der Waals surface area contributed by atoms with Crippen LogP contribution in [0.4, 0.5) is 0 Å². The molecule has 1 nitrogen and oxygen atoms in total. The molecule has 0 amide bonds. The van der Waals surface area contributed by atoms with E-state index in [2.05, 4.69) is 13.8 Å². The third kappa shape index (κ3) is 1.45. The number of carbonyl (C=O) groups excluding carboxylic acids is 1. The first-order valence-corrected chi connectivity index (χ1v) is 5.45. The minimum Gasteiger partial charge on any atom is -0.295 e. The summed E-state index contributed by atoms with van der Waals surface area (Å²) >= 11 is 0. The van der Waals surface area contributed by atoms with Gasteiger partial charge in [0.15, 0.2) is 5.78 Å². The van der Waals surface area contributed by atoms with Gasteiger partial charge >= 0.3 is 0 Å². The van der Waals surface area contributed by atoms with Crippen LogP contribution >= 0.6 is 0 Å². The van der Waals surface area contributed by atoms with Crippen molar-refractivity contribution in [2.75, 3.05) is 0 Å². The van der Waals surface area contributed by atoms with Crippen LogP contribution in [0.25, 0.3) is 0 Å². The lowest BCUT2D eigenvalue weighted by Crippen LogP contribution is -2.09. The number of hydrogen-bond donors (Lipinski definition) is 0. The molecule has 1 heteroatoms.